The smallest absolute Gasteiger partial charge is 0.321 e. The lowest BCUT2D eigenvalue weighted by Gasteiger charge is -2.31. The van der Waals surface area contributed by atoms with Gasteiger partial charge in [-0.25, -0.2) is 0 Å². The topological polar surface area (TPSA) is 69.6 Å². The number of hydrogen-bond donors (Lipinski definition) is 3. The molecule has 1 aliphatic heterocycles. The summed E-state index contributed by atoms with van der Waals surface area (Å²) >= 11 is 4.02. The summed E-state index contributed by atoms with van der Waals surface area (Å²) in [4.78, 5) is 25.0. The molecule has 110 valence electrons. The molecule has 1 heterocycles. The molecule has 0 aromatic heterocycles. The normalized spacial score (nSPS) is 18.5. The van der Waals surface area contributed by atoms with Crippen LogP contribution in [0.15, 0.2) is 54.8 Å². The van der Waals surface area contributed by atoms with Crippen LogP contribution in [0.25, 0.3) is 0 Å². The zero-order valence-electron chi connectivity index (χ0n) is 11.2. The number of hydrogen-bond acceptors (Lipinski definition) is 4. The van der Waals surface area contributed by atoms with E-state index in [1.165, 1.54) is 4.90 Å². The summed E-state index contributed by atoms with van der Waals surface area (Å²) in [6, 6.07) is 8.01. The maximum absolute atomic E-state index is 12.5. The van der Waals surface area contributed by atoms with E-state index in [4.69, 9.17) is 5.11 Å². The minimum atomic E-state index is -1.000. The number of carbonyl (C=O) groups excluding carboxylic acids is 1. The third kappa shape index (κ3) is 3.74. The van der Waals surface area contributed by atoms with Gasteiger partial charge in [-0.1, -0.05) is 24.3 Å². The molecular weight excluding hydrogens is 288 g/mol. The maximum atomic E-state index is 12.5. The van der Waals surface area contributed by atoms with Crippen molar-refractivity contribution in [3.63, 3.8) is 0 Å². The number of nitrogens with zero attached hydrogens (tertiary/aromatic N) is 1. The molecule has 0 spiro atoms. The lowest BCUT2D eigenvalue weighted by molar-refractivity contribution is -0.139. The van der Waals surface area contributed by atoms with Crippen molar-refractivity contribution in [1.29, 1.82) is 0 Å². The van der Waals surface area contributed by atoms with Crippen LogP contribution in [0, 0.1) is 0 Å². The van der Waals surface area contributed by atoms with Gasteiger partial charge in [0.2, 0.25) is 0 Å². The Hall–Kier alpha value is -2.05. The van der Waals surface area contributed by atoms with E-state index in [9.17, 15) is 9.59 Å². The number of carbonyl (C=O) groups is 2. The van der Waals surface area contributed by atoms with E-state index in [1.54, 1.807) is 48.7 Å². The Bertz CT molecular complexity index is 572. The van der Waals surface area contributed by atoms with Crippen LogP contribution in [0.4, 0.5) is 0 Å². The van der Waals surface area contributed by atoms with Crippen molar-refractivity contribution in [1.82, 2.24) is 10.2 Å². The molecule has 2 N–H and O–H groups in total. The highest BCUT2D eigenvalue weighted by Gasteiger charge is 2.26. The summed E-state index contributed by atoms with van der Waals surface area (Å²) in [5.41, 5.74) is 0.544. The highest BCUT2D eigenvalue weighted by atomic mass is 32.1. The highest BCUT2D eigenvalue weighted by molar-refractivity contribution is 7.80. The van der Waals surface area contributed by atoms with Crippen LogP contribution in [0.1, 0.15) is 10.4 Å². The van der Waals surface area contributed by atoms with E-state index in [1.807, 2.05) is 6.07 Å². The predicted octanol–water partition coefficient (Wildman–Crippen LogP) is 1.51. The lowest BCUT2D eigenvalue weighted by atomic mass is 10.1. The summed E-state index contributed by atoms with van der Waals surface area (Å²) in [5.74, 6) is -1.06. The van der Waals surface area contributed by atoms with Gasteiger partial charge >= 0.3 is 5.97 Å². The van der Waals surface area contributed by atoms with Crippen molar-refractivity contribution >= 4 is 24.5 Å². The zero-order chi connectivity index (χ0) is 15.2. The van der Waals surface area contributed by atoms with Gasteiger partial charge < -0.3 is 5.11 Å². The fraction of sp³-hybridized carbons (Fsp3) is 0.200. The average molecular weight is 304 g/mol. The van der Waals surface area contributed by atoms with E-state index in [0.29, 0.717) is 5.56 Å². The lowest BCUT2D eigenvalue weighted by Crippen LogP contribution is -2.52. The molecule has 1 amide bonds. The van der Waals surface area contributed by atoms with Crippen LogP contribution >= 0.6 is 12.6 Å². The molecule has 2 atom stereocenters. The average Bonchev–Trinajstić information content (AvgIpc) is 2.52. The number of nitrogens with one attached hydrogen (secondary N) is 1. The van der Waals surface area contributed by atoms with Crippen molar-refractivity contribution in [2.24, 2.45) is 0 Å². The van der Waals surface area contributed by atoms with Crippen LogP contribution in [0.2, 0.25) is 0 Å². The van der Waals surface area contributed by atoms with Gasteiger partial charge in [0.25, 0.3) is 5.91 Å². The van der Waals surface area contributed by atoms with Gasteiger partial charge in [-0.15, -0.1) is 0 Å². The first-order valence-corrected chi connectivity index (χ1v) is 7.09. The van der Waals surface area contributed by atoms with Gasteiger partial charge in [-0.05, 0) is 24.3 Å². The van der Waals surface area contributed by atoms with Crippen molar-refractivity contribution in [3.8, 4) is 0 Å². The minimum absolute atomic E-state index is 0.136. The number of aliphatic carboxylic acids is 1. The van der Waals surface area contributed by atoms with Crippen molar-refractivity contribution in [2.45, 2.75) is 12.2 Å². The monoisotopic (exact) mass is 304 g/mol. The summed E-state index contributed by atoms with van der Waals surface area (Å²) in [6.07, 6.45) is 6.35. The van der Waals surface area contributed by atoms with Gasteiger partial charge in [0.1, 0.15) is 12.2 Å². The molecule has 1 aliphatic rings. The second kappa shape index (κ2) is 7.10. The Labute approximate surface area is 128 Å². The van der Waals surface area contributed by atoms with E-state index < -0.39 is 18.2 Å². The molecule has 2 rings (SSSR count). The summed E-state index contributed by atoms with van der Waals surface area (Å²) in [5, 5.41) is 12.0. The summed E-state index contributed by atoms with van der Waals surface area (Å²) in [6.45, 7) is 0. The van der Waals surface area contributed by atoms with Gasteiger partial charge in [-0.3, -0.25) is 19.8 Å². The molecule has 1 unspecified atom stereocenters. The number of carboxylic acid groups (broad SMARTS) is 1. The Kier molecular flexibility index (Phi) is 5.19. The van der Waals surface area contributed by atoms with Gasteiger partial charge in [0.05, 0.1) is 0 Å². The third-order valence-electron chi connectivity index (χ3n) is 3.06. The molecule has 0 saturated heterocycles. The molecule has 0 saturated carbocycles. The van der Waals surface area contributed by atoms with E-state index in [0.717, 1.165) is 0 Å². The quantitative estimate of drug-likeness (QED) is 0.721. The van der Waals surface area contributed by atoms with E-state index in [2.05, 4.69) is 17.9 Å². The Morgan fingerprint density at radius 3 is 2.62 bits per heavy atom. The first-order chi connectivity index (χ1) is 10.1. The largest absolute Gasteiger partial charge is 0.480 e. The zero-order valence-corrected chi connectivity index (χ0v) is 12.1. The summed E-state index contributed by atoms with van der Waals surface area (Å²) in [7, 11) is 0. The van der Waals surface area contributed by atoms with Crippen LogP contribution in [-0.4, -0.2) is 39.8 Å². The number of rotatable bonds is 5. The molecule has 21 heavy (non-hydrogen) atoms. The number of benzene rings is 1. The first-order valence-electron chi connectivity index (χ1n) is 6.46. The molecule has 0 radical (unpaired) electrons. The second-order valence-corrected chi connectivity index (χ2v) is 4.85. The molecule has 0 fully saturated rings. The number of allylic oxidation sites excluding steroid dienone is 2. The van der Waals surface area contributed by atoms with Crippen LogP contribution in [-0.2, 0) is 4.79 Å². The predicted molar refractivity (Wildman–Crippen MR) is 83.1 cm³/mol. The van der Waals surface area contributed by atoms with Crippen molar-refractivity contribution < 1.29 is 14.7 Å². The molecule has 1 aromatic carbocycles. The van der Waals surface area contributed by atoms with Crippen molar-refractivity contribution in [3.05, 3.63) is 60.3 Å². The van der Waals surface area contributed by atoms with Crippen molar-refractivity contribution in [2.75, 3.05) is 5.75 Å². The minimum Gasteiger partial charge on any atom is -0.480 e. The third-order valence-corrected chi connectivity index (χ3v) is 3.42. The summed E-state index contributed by atoms with van der Waals surface area (Å²) < 4.78 is 0. The SMILES string of the molecule is O=C(O)C(CS)N[C@@H]1C=CC=CN1C(=O)c1ccccc1. The fourth-order valence-electron chi connectivity index (χ4n) is 1.97. The molecule has 6 heteroatoms. The van der Waals surface area contributed by atoms with Crippen LogP contribution in [0.5, 0.6) is 0 Å². The van der Waals surface area contributed by atoms with Gasteiger partial charge in [0.15, 0.2) is 0 Å². The van der Waals surface area contributed by atoms with E-state index >= 15 is 0 Å². The molecular formula is C15H16N2O3S. The molecule has 0 bridgehead atoms. The first kappa shape index (κ1) is 15.3. The molecule has 1 aromatic rings. The Morgan fingerprint density at radius 1 is 1.29 bits per heavy atom. The van der Waals surface area contributed by atoms with Gasteiger partial charge in [-0.2, -0.15) is 12.6 Å². The molecule has 5 nitrogen and oxygen atoms in total. The van der Waals surface area contributed by atoms with Crippen LogP contribution < -0.4 is 5.32 Å². The van der Waals surface area contributed by atoms with E-state index in [-0.39, 0.29) is 11.7 Å². The Morgan fingerprint density at radius 2 is 2.00 bits per heavy atom. The second-order valence-electron chi connectivity index (χ2n) is 4.49. The highest BCUT2D eigenvalue weighted by Crippen LogP contribution is 2.13. The number of thiol groups is 1. The Balaban J connectivity index is 2.17. The fourth-order valence-corrected chi connectivity index (χ4v) is 2.23. The molecule has 0 aliphatic carbocycles. The van der Waals surface area contributed by atoms with Crippen LogP contribution in [0.3, 0.4) is 0 Å². The van der Waals surface area contributed by atoms with Gasteiger partial charge in [0, 0.05) is 17.5 Å². The standard InChI is InChI=1S/C15H16N2O3S/c18-14(11-6-2-1-3-7-11)17-9-5-4-8-13(17)16-12(10-21)15(19)20/h1-9,12-13,16,21H,10H2,(H,19,20)/t12?,13-/m0/s1. The maximum Gasteiger partial charge on any atom is 0.321 e. The number of carboxylic acids is 1. The number of amides is 1.